The molecule has 1 rings (SSSR count). The number of rotatable bonds is 5. The highest BCUT2D eigenvalue weighted by atomic mass is 15.3. The van der Waals surface area contributed by atoms with Gasteiger partial charge in [0, 0.05) is 19.3 Å². The first-order chi connectivity index (χ1) is 7.21. The molecular weight excluding hydrogens is 186 g/mol. The maximum atomic E-state index is 4.38. The Labute approximate surface area is 92.2 Å². The summed E-state index contributed by atoms with van der Waals surface area (Å²) >= 11 is 0. The van der Waals surface area contributed by atoms with Gasteiger partial charge >= 0.3 is 0 Å². The number of hydrogen-bond donors (Lipinski definition) is 1. The molecule has 84 valence electrons. The molecule has 0 aromatic carbocycles. The van der Waals surface area contributed by atoms with E-state index in [1.54, 1.807) is 0 Å². The molecule has 0 spiro atoms. The summed E-state index contributed by atoms with van der Waals surface area (Å²) in [6.07, 6.45) is 5.27. The highest BCUT2D eigenvalue weighted by Crippen LogP contribution is 2.11. The van der Waals surface area contributed by atoms with E-state index in [9.17, 15) is 0 Å². The Hall–Kier alpha value is -1.25. The lowest BCUT2D eigenvalue weighted by Crippen LogP contribution is -1.99. The zero-order valence-corrected chi connectivity index (χ0v) is 10.2. The summed E-state index contributed by atoms with van der Waals surface area (Å²) in [5.41, 5.74) is 2.55. The van der Waals surface area contributed by atoms with Crippen molar-refractivity contribution in [2.45, 2.75) is 40.0 Å². The molecule has 0 saturated heterocycles. The lowest BCUT2D eigenvalue weighted by Gasteiger charge is -2.03. The molecule has 3 nitrogen and oxygen atoms in total. The first kappa shape index (κ1) is 11.8. The third-order valence-corrected chi connectivity index (χ3v) is 2.63. The fraction of sp³-hybridized carbons (Fsp3) is 0.583. The Morgan fingerprint density at radius 2 is 2.07 bits per heavy atom. The standard InChI is InChI=1S/C12H21N3/c1-5-10(6-2)9-13-12-8-11(7-3)14-15(12)4/h8-9,13H,5-7H2,1-4H3. The van der Waals surface area contributed by atoms with Crippen LogP contribution in [0.4, 0.5) is 5.82 Å². The molecule has 0 unspecified atom stereocenters. The average Bonchev–Trinajstić information content (AvgIpc) is 2.61. The van der Waals surface area contributed by atoms with Crippen molar-refractivity contribution in [1.82, 2.24) is 9.78 Å². The lowest BCUT2D eigenvalue weighted by atomic mass is 10.2. The molecule has 3 heteroatoms. The highest BCUT2D eigenvalue weighted by Gasteiger charge is 2.01. The van der Waals surface area contributed by atoms with E-state index in [-0.39, 0.29) is 0 Å². The van der Waals surface area contributed by atoms with Gasteiger partial charge in [-0.05, 0) is 19.3 Å². The number of nitrogens with one attached hydrogen (secondary N) is 1. The van der Waals surface area contributed by atoms with Gasteiger partial charge in [-0.15, -0.1) is 0 Å². The van der Waals surface area contributed by atoms with E-state index in [2.05, 4.69) is 43.5 Å². The van der Waals surface area contributed by atoms with E-state index >= 15 is 0 Å². The van der Waals surface area contributed by atoms with Crippen molar-refractivity contribution in [3.8, 4) is 0 Å². The molecule has 0 atom stereocenters. The van der Waals surface area contributed by atoms with E-state index in [1.165, 1.54) is 5.57 Å². The van der Waals surface area contributed by atoms with Crippen LogP contribution < -0.4 is 5.32 Å². The van der Waals surface area contributed by atoms with Crippen LogP contribution in [0.5, 0.6) is 0 Å². The molecule has 0 aliphatic rings. The number of aryl methyl sites for hydroxylation is 2. The quantitative estimate of drug-likeness (QED) is 0.804. The van der Waals surface area contributed by atoms with Crippen LogP contribution >= 0.6 is 0 Å². The van der Waals surface area contributed by atoms with Gasteiger partial charge < -0.3 is 5.32 Å². The van der Waals surface area contributed by atoms with Gasteiger partial charge in [0.25, 0.3) is 0 Å². The van der Waals surface area contributed by atoms with Crippen molar-refractivity contribution in [2.24, 2.45) is 7.05 Å². The topological polar surface area (TPSA) is 29.9 Å². The van der Waals surface area contributed by atoms with Gasteiger partial charge in [0.1, 0.15) is 5.82 Å². The van der Waals surface area contributed by atoms with E-state index in [0.717, 1.165) is 30.8 Å². The minimum Gasteiger partial charge on any atom is -0.347 e. The third kappa shape index (κ3) is 3.11. The lowest BCUT2D eigenvalue weighted by molar-refractivity contribution is 0.753. The van der Waals surface area contributed by atoms with Crippen molar-refractivity contribution in [3.63, 3.8) is 0 Å². The second-order valence-corrected chi connectivity index (χ2v) is 3.65. The summed E-state index contributed by atoms with van der Waals surface area (Å²) in [6.45, 7) is 6.47. The zero-order chi connectivity index (χ0) is 11.3. The number of hydrogen-bond acceptors (Lipinski definition) is 2. The van der Waals surface area contributed by atoms with Gasteiger partial charge in [-0.2, -0.15) is 5.10 Å². The zero-order valence-electron chi connectivity index (χ0n) is 10.2. The van der Waals surface area contributed by atoms with Crippen LogP contribution in [-0.4, -0.2) is 9.78 Å². The molecule has 1 N–H and O–H groups in total. The molecule has 1 heterocycles. The Kier molecular flexibility index (Phi) is 4.40. The van der Waals surface area contributed by atoms with Gasteiger partial charge in [-0.25, -0.2) is 0 Å². The van der Waals surface area contributed by atoms with E-state index in [0.29, 0.717) is 0 Å². The monoisotopic (exact) mass is 207 g/mol. The normalized spacial score (nSPS) is 10.1. The Morgan fingerprint density at radius 3 is 2.53 bits per heavy atom. The number of nitrogens with zero attached hydrogens (tertiary/aromatic N) is 2. The van der Waals surface area contributed by atoms with Gasteiger partial charge in [-0.3, -0.25) is 4.68 Å². The van der Waals surface area contributed by atoms with E-state index in [4.69, 9.17) is 0 Å². The fourth-order valence-electron chi connectivity index (χ4n) is 1.46. The summed E-state index contributed by atoms with van der Waals surface area (Å²) in [4.78, 5) is 0. The minimum atomic E-state index is 0.980. The molecule has 1 aromatic rings. The van der Waals surface area contributed by atoms with Crippen molar-refractivity contribution in [1.29, 1.82) is 0 Å². The summed E-state index contributed by atoms with van der Waals surface area (Å²) in [7, 11) is 1.97. The molecular formula is C12H21N3. The molecule has 0 amide bonds. The molecule has 0 radical (unpaired) electrons. The van der Waals surface area contributed by atoms with Crippen LogP contribution in [0.3, 0.4) is 0 Å². The predicted molar refractivity (Wildman–Crippen MR) is 64.9 cm³/mol. The largest absolute Gasteiger partial charge is 0.347 e. The average molecular weight is 207 g/mol. The van der Waals surface area contributed by atoms with E-state index in [1.807, 2.05) is 11.7 Å². The van der Waals surface area contributed by atoms with E-state index < -0.39 is 0 Å². The Balaban J connectivity index is 2.71. The Morgan fingerprint density at radius 1 is 1.40 bits per heavy atom. The van der Waals surface area contributed by atoms with Crippen molar-refractivity contribution in [3.05, 3.63) is 23.5 Å². The summed E-state index contributed by atoms with van der Waals surface area (Å²) in [5, 5.41) is 7.69. The maximum Gasteiger partial charge on any atom is 0.128 e. The number of aromatic nitrogens is 2. The predicted octanol–water partition coefficient (Wildman–Crippen LogP) is 3.10. The molecule has 0 saturated carbocycles. The maximum absolute atomic E-state index is 4.38. The molecule has 0 bridgehead atoms. The van der Waals surface area contributed by atoms with Crippen LogP contribution in [0.1, 0.15) is 39.3 Å². The van der Waals surface area contributed by atoms with Gasteiger partial charge in [-0.1, -0.05) is 26.3 Å². The summed E-state index contributed by atoms with van der Waals surface area (Å²) in [6, 6.07) is 2.10. The SMILES string of the molecule is CCC(=CNc1cc(CC)nn1C)CC. The van der Waals surface area contributed by atoms with Gasteiger partial charge in [0.15, 0.2) is 0 Å². The second-order valence-electron chi connectivity index (χ2n) is 3.65. The smallest absolute Gasteiger partial charge is 0.128 e. The third-order valence-electron chi connectivity index (χ3n) is 2.63. The number of allylic oxidation sites excluding steroid dienone is 1. The van der Waals surface area contributed by atoms with Crippen LogP contribution in [0.25, 0.3) is 0 Å². The van der Waals surface area contributed by atoms with Crippen LogP contribution in [-0.2, 0) is 13.5 Å². The Bertz CT molecular complexity index is 331. The molecule has 1 aromatic heterocycles. The van der Waals surface area contributed by atoms with Crippen LogP contribution in [0.2, 0.25) is 0 Å². The second kappa shape index (κ2) is 5.59. The molecule has 0 fully saturated rings. The summed E-state index contributed by atoms with van der Waals surface area (Å²) in [5.74, 6) is 1.06. The van der Waals surface area contributed by atoms with Crippen molar-refractivity contribution >= 4 is 5.82 Å². The first-order valence-corrected chi connectivity index (χ1v) is 5.68. The molecule has 15 heavy (non-hydrogen) atoms. The van der Waals surface area contributed by atoms with Crippen molar-refractivity contribution < 1.29 is 0 Å². The summed E-state index contributed by atoms with van der Waals surface area (Å²) < 4.78 is 1.89. The highest BCUT2D eigenvalue weighted by molar-refractivity contribution is 5.40. The molecule has 0 aliphatic heterocycles. The van der Waals surface area contributed by atoms with Gasteiger partial charge in [0.2, 0.25) is 0 Å². The minimum absolute atomic E-state index is 0.980. The van der Waals surface area contributed by atoms with Gasteiger partial charge in [0.05, 0.1) is 5.69 Å². The van der Waals surface area contributed by atoms with Crippen LogP contribution in [0.15, 0.2) is 17.8 Å². The number of anilines is 1. The first-order valence-electron chi connectivity index (χ1n) is 5.68. The fourth-order valence-corrected chi connectivity index (χ4v) is 1.46. The van der Waals surface area contributed by atoms with Crippen molar-refractivity contribution in [2.75, 3.05) is 5.32 Å². The van der Waals surface area contributed by atoms with Crippen LogP contribution in [0, 0.1) is 0 Å². The molecule has 0 aliphatic carbocycles.